The molecule has 3 nitrogen and oxygen atoms in total. The van der Waals surface area contributed by atoms with Crippen molar-refractivity contribution >= 4 is 10.9 Å². The first-order chi connectivity index (χ1) is 9.24. The molecule has 1 aliphatic heterocycles. The molecule has 19 heavy (non-hydrogen) atoms. The number of hydrogen-bond acceptors (Lipinski definition) is 3. The van der Waals surface area contributed by atoms with Crippen LogP contribution in [-0.4, -0.2) is 18.1 Å². The summed E-state index contributed by atoms with van der Waals surface area (Å²) in [7, 11) is 0. The Morgan fingerprint density at radius 1 is 1.37 bits per heavy atom. The third kappa shape index (κ3) is 2.08. The topological polar surface area (TPSA) is 34.1 Å². The molecule has 1 N–H and O–H groups in total. The monoisotopic (exact) mass is 256 g/mol. The molecular weight excluding hydrogens is 236 g/mol. The lowest BCUT2D eigenvalue weighted by Crippen LogP contribution is -2.33. The van der Waals surface area contributed by atoms with Crippen molar-refractivity contribution in [2.45, 2.75) is 32.2 Å². The zero-order chi connectivity index (χ0) is 13.3. The second-order valence-electron chi connectivity index (χ2n) is 5.31. The fraction of sp³-hybridized carbons (Fsp3) is 0.438. The Balaban J connectivity index is 2.19. The van der Waals surface area contributed by atoms with Gasteiger partial charge in [0.2, 0.25) is 0 Å². The van der Waals surface area contributed by atoms with Crippen LogP contribution in [0.1, 0.15) is 32.3 Å². The van der Waals surface area contributed by atoms with Crippen LogP contribution in [0, 0.1) is 0 Å². The standard InChI is InChI=1S/C16H20N2O/c1-3-19-14-8-7-13(16(2)9-5-11-18-16)12-6-4-10-17-15(12)14/h4,6-8,10,18H,3,5,9,11H2,1-2H3. The number of aromatic nitrogens is 1. The molecule has 1 atom stereocenters. The normalized spacial score (nSPS) is 22.8. The SMILES string of the molecule is CCOc1ccc(C2(C)CCCN2)c2cccnc12. The van der Waals surface area contributed by atoms with E-state index in [-0.39, 0.29) is 5.54 Å². The maximum atomic E-state index is 5.69. The Bertz CT molecular complexity index is 588. The molecule has 0 bridgehead atoms. The van der Waals surface area contributed by atoms with E-state index in [1.54, 1.807) is 0 Å². The van der Waals surface area contributed by atoms with E-state index in [4.69, 9.17) is 4.74 Å². The van der Waals surface area contributed by atoms with Gasteiger partial charge in [0.25, 0.3) is 0 Å². The summed E-state index contributed by atoms with van der Waals surface area (Å²) < 4.78 is 5.69. The molecule has 3 heteroatoms. The number of ether oxygens (including phenoxy) is 1. The Morgan fingerprint density at radius 2 is 2.26 bits per heavy atom. The Hall–Kier alpha value is -1.61. The fourth-order valence-electron chi connectivity index (χ4n) is 3.02. The second kappa shape index (κ2) is 4.82. The highest BCUT2D eigenvalue weighted by molar-refractivity contribution is 5.88. The third-order valence-corrected chi connectivity index (χ3v) is 4.00. The number of benzene rings is 1. The van der Waals surface area contributed by atoms with Gasteiger partial charge in [0, 0.05) is 17.1 Å². The van der Waals surface area contributed by atoms with Crippen molar-refractivity contribution in [3.8, 4) is 5.75 Å². The van der Waals surface area contributed by atoms with Crippen LogP contribution in [0.5, 0.6) is 5.75 Å². The van der Waals surface area contributed by atoms with E-state index in [1.807, 2.05) is 19.2 Å². The van der Waals surface area contributed by atoms with Gasteiger partial charge in [-0.3, -0.25) is 4.98 Å². The highest BCUT2D eigenvalue weighted by Crippen LogP contribution is 2.37. The average molecular weight is 256 g/mol. The summed E-state index contributed by atoms with van der Waals surface area (Å²) in [5.41, 5.74) is 2.36. The number of pyridine rings is 1. The summed E-state index contributed by atoms with van der Waals surface area (Å²) >= 11 is 0. The van der Waals surface area contributed by atoms with E-state index in [0.717, 1.165) is 17.8 Å². The van der Waals surface area contributed by atoms with E-state index in [0.29, 0.717) is 6.61 Å². The van der Waals surface area contributed by atoms with Crippen molar-refractivity contribution < 1.29 is 4.74 Å². The predicted molar refractivity (Wildman–Crippen MR) is 77.5 cm³/mol. The van der Waals surface area contributed by atoms with Crippen molar-refractivity contribution in [3.63, 3.8) is 0 Å². The summed E-state index contributed by atoms with van der Waals surface area (Å²) in [6.45, 7) is 6.04. The molecule has 1 aliphatic rings. The first-order valence-corrected chi connectivity index (χ1v) is 7.00. The summed E-state index contributed by atoms with van der Waals surface area (Å²) in [6.07, 6.45) is 4.23. The fourth-order valence-corrected chi connectivity index (χ4v) is 3.02. The molecule has 0 radical (unpaired) electrons. The summed E-state index contributed by atoms with van der Waals surface area (Å²) in [4.78, 5) is 4.51. The van der Waals surface area contributed by atoms with E-state index >= 15 is 0 Å². The first-order valence-electron chi connectivity index (χ1n) is 7.00. The van der Waals surface area contributed by atoms with E-state index in [9.17, 15) is 0 Å². The van der Waals surface area contributed by atoms with Crippen LogP contribution >= 0.6 is 0 Å². The number of fused-ring (bicyclic) bond motifs is 1. The van der Waals surface area contributed by atoms with Crippen molar-refractivity contribution in [1.29, 1.82) is 0 Å². The smallest absolute Gasteiger partial charge is 0.145 e. The van der Waals surface area contributed by atoms with Gasteiger partial charge < -0.3 is 10.1 Å². The molecule has 2 aromatic rings. The van der Waals surface area contributed by atoms with Gasteiger partial charge in [-0.1, -0.05) is 12.1 Å². The van der Waals surface area contributed by atoms with Crippen molar-refractivity contribution in [3.05, 3.63) is 36.0 Å². The number of hydrogen-bond donors (Lipinski definition) is 1. The van der Waals surface area contributed by atoms with Gasteiger partial charge in [0.1, 0.15) is 11.3 Å². The molecule has 0 spiro atoms. The molecule has 1 saturated heterocycles. The number of nitrogens with one attached hydrogen (secondary N) is 1. The molecule has 0 saturated carbocycles. The molecule has 2 heterocycles. The van der Waals surface area contributed by atoms with Gasteiger partial charge in [-0.2, -0.15) is 0 Å². The zero-order valence-electron chi connectivity index (χ0n) is 11.6. The average Bonchev–Trinajstić information content (AvgIpc) is 2.87. The lowest BCUT2D eigenvalue weighted by Gasteiger charge is -2.27. The molecule has 1 fully saturated rings. The van der Waals surface area contributed by atoms with Crippen LogP contribution in [0.3, 0.4) is 0 Å². The van der Waals surface area contributed by atoms with Gasteiger partial charge in [-0.15, -0.1) is 0 Å². The van der Waals surface area contributed by atoms with Crippen LogP contribution < -0.4 is 10.1 Å². The Morgan fingerprint density at radius 3 is 3.00 bits per heavy atom. The van der Waals surface area contributed by atoms with E-state index in [1.165, 1.54) is 23.8 Å². The van der Waals surface area contributed by atoms with Crippen LogP contribution in [0.25, 0.3) is 10.9 Å². The highest BCUT2D eigenvalue weighted by atomic mass is 16.5. The van der Waals surface area contributed by atoms with Crippen molar-refractivity contribution in [1.82, 2.24) is 10.3 Å². The van der Waals surface area contributed by atoms with E-state index in [2.05, 4.69) is 35.4 Å². The van der Waals surface area contributed by atoms with Gasteiger partial charge in [0.15, 0.2) is 0 Å². The molecular formula is C16H20N2O. The minimum atomic E-state index is 0.0615. The number of nitrogens with zero attached hydrogens (tertiary/aromatic N) is 1. The summed E-state index contributed by atoms with van der Waals surface area (Å²) in [5.74, 6) is 0.878. The second-order valence-corrected chi connectivity index (χ2v) is 5.31. The minimum Gasteiger partial charge on any atom is -0.492 e. The van der Waals surface area contributed by atoms with Crippen molar-refractivity contribution in [2.24, 2.45) is 0 Å². The van der Waals surface area contributed by atoms with Crippen LogP contribution in [0.2, 0.25) is 0 Å². The quantitative estimate of drug-likeness (QED) is 0.915. The van der Waals surface area contributed by atoms with Gasteiger partial charge in [-0.25, -0.2) is 0 Å². The predicted octanol–water partition coefficient (Wildman–Crippen LogP) is 3.23. The lowest BCUT2D eigenvalue weighted by molar-refractivity contribution is 0.343. The maximum absolute atomic E-state index is 5.69. The molecule has 3 rings (SSSR count). The zero-order valence-corrected chi connectivity index (χ0v) is 11.6. The Kier molecular flexibility index (Phi) is 3.15. The third-order valence-electron chi connectivity index (χ3n) is 4.00. The van der Waals surface area contributed by atoms with Crippen molar-refractivity contribution in [2.75, 3.05) is 13.2 Å². The van der Waals surface area contributed by atoms with Crippen LogP contribution in [0.4, 0.5) is 0 Å². The molecule has 0 aliphatic carbocycles. The first kappa shape index (κ1) is 12.4. The largest absolute Gasteiger partial charge is 0.492 e. The molecule has 1 unspecified atom stereocenters. The molecule has 1 aromatic heterocycles. The van der Waals surface area contributed by atoms with E-state index < -0.39 is 0 Å². The minimum absolute atomic E-state index is 0.0615. The summed E-state index contributed by atoms with van der Waals surface area (Å²) in [6, 6.07) is 8.39. The maximum Gasteiger partial charge on any atom is 0.145 e. The molecule has 1 aromatic carbocycles. The summed E-state index contributed by atoms with van der Waals surface area (Å²) in [5, 5.41) is 4.82. The lowest BCUT2D eigenvalue weighted by atomic mass is 9.87. The van der Waals surface area contributed by atoms with Crippen LogP contribution in [-0.2, 0) is 5.54 Å². The van der Waals surface area contributed by atoms with Crippen LogP contribution in [0.15, 0.2) is 30.5 Å². The number of rotatable bonds is 3. The highest BCUT2D eigenvalue weighted by Gasteiger charge is 2.31. The Labute approximate surface area is 114 Å². The molecule has 100 valence electrons. The van der Waals surface area contributed by atoms with Gasteiger partial charge in [0.05, 0.1) is 6.61 Å². The molecule has 0 amide bonds. The van der Waals surface area contributed by atoms with Gasteiger partial charge >= 0.3 is 0 Å². The van der Waals surface area contributed by atoms with Gasteiger partial charge in [-0.05, 0) is 50.9 Å².